The summed E-state index contributed by atoms with van der Waals surface area (Å²) in [5.41, 5.74) is 3.85. The van der Waals surface area contributed by atoms with Crippen molar-refractivity contribution < 1.29 is 9.59 Å². The molecule has 1 aromatic carbocycles. The molecule has 1 N–H and O–H groups in total. The Kier molecular flexibility index (Phi) is 10.8. The first-order valence-electron chi connectivity index (χ1n) is 9.28. The molecule has 0 aliphatic carbocycles. The van der Waals surface area contributed by atoms with Crippen LogP contribution in [0.4, 0.5) is 11.4 Å². The number of carbonyl (C=O) groups is 2. The van der Waals surface area contributed by atoms with Gasteiger partial charge in [-0.3, -0.25) is 9.59 Å². The topological polar surface area (TPSA) is 65.0 Å². The second kappa shape index (κ2) is 12.5. The molecule has 28 heavy (non-hydrogen) atoms. The minimum atomic E-state index is -0.00778. The average molecular weight is 423 g/mol. The second-order valence-electron chi connectivity index (χ2n) is 6.46. The summed E-state index contributed by atoms with van der Waals surface area (Å²) in [7, 11) is 1.86. The van der Waals surface area contributed by atoms with Crippen LogP contribution in [-0.4, -0.2) is 42.2 Å². The molecule has 0 spiro atoms. The second-order valence-corrected chi connectivity index (χ2v) is 7.65. The molecule has 0 saturated carbocycles. The van der Waals surface area contributed by atoms with Gasteiger partial charge in [-0.1, -0.05) is 19.4 Å². The molecule has 154 valence electrons. The average Bonchev–Trinajstić information content (AvgIpc) is 3.17. The largest absolute Gasteiger partial charge is 0.384 e. The molecule has 0 bridgehead atoms. The van der Waals surface area contributed by atoms with Gasteiger partial charge in [-0.2, -0.15) is 17.7 Å². The summed E-state index contributed by atoms with van der Waals surface area (Å²) < 4.78 is 1.10. The molecule has 1 atom stereocenters. The number of nitrogens with one attached hydrogen (secondary N) is 1. The molecular formula is C20H30N4O2S2. The van der Waals surface area contributed by atoms with Gasteiger partial charge < -0.3 is 10.2 Å². The van der Waals surface area contributed by atoms with E-state index in [1.165, 1.54) is 11.3 Å². The van der Waals surface area contributed by atoms with Crippen molar-refractivity contribution in [1.29, 1.82) is 0 Å². The number of aldehydes is 1. The van der Waals surface area contributed by atoms with E-state index >= 15 is 0 Å². The van der Waals surface area contributed by atoms with Gasteiger partial charge in [0, 0.05) is 43.4 Å². The summed E-state index contributed by atoms with van der Waals surface area (Å²) >= 11 is 7.92. The van der Waals surface area contributed by atoms with Gasteiger partial charge >= 0.3 is 0 Å². The zero-order chi connectivity index (χ0) is 21.1. The highest BCUT2D eigenvalue weighted by molar-refractivity contribution is 7.81. The number of allylic oxidation sites excluding steroid dienone is 1. The first kappa shape index (κ1) is 24.1. The molecule has 1 unspecified atom stereocenters. The molecule has 1 aromatic rings. The molecule has 0 aromatic heterocycles. The van der Waals surface area contributed by atoms with Gasteiger partial charge in [-0.15, -0.1) is 0 Å². The summed E-state index contributed by atoms with van der Waals surface area (Å²) in [6.45, 7) is 8.15. The molecule has 0 fully saturated rings. The smallest absolute Gasteiger partial charge is 0.226 e. The quantitative estimate of drug-likeness (QED) is 0.195. The number of hydrazone groups is 1. The van der Waals surface area contributed by atoms with Gasteiger partial charge in [0.05, 0.1) is 0 Å². The van der Waals surface area contributed by atoms with Crippen molar-refractivity contribution in [2.24, 2.45) is 5.10 Å². The third kappa shape index (κ3) is 7.59. The molecule has 1 aliphatic rings. The first-order valence-corrected chi connectivity index (χ1v) is 10.2. The predicted molar refractivity (Wildman–Crippen MR) is 125 cm³/mol. The van der Waals surface area contributed by atoms with Crippen LogP contribution in [0, 0.1) is 0 Å². The fourth-order valence-corrected chi connectivity index (χ4v) is 2.88. The van der Waals surface area contributed by atoms with Crippen molar-refractivity contribution in [3.05, 3.63) is 35.5 Å². The number of nitrogens with zero attached hydrogens (tertiary/aromatic N) is 3. The lowest BCUT2D eigenvalue weighted by atomic mass is 10.1. The molecular weight excluding hydrogens is 392 g/mol. The summed E-state index contributed by atoms with van der Waals surface area (Å²) in [6, 6.07) is 6.23. The minimum absolute atomic E-state index is 0.00778. The fourth-order valence-electron chi connectivity index (χ4n) is 2.61. The lowest BCUT2D eigenvalue weighted by Gasteiger charge is -2.18. The zero-order valence-corrected chi connectivity index (χ0v) is 18.5. The van der Waals surface area contributed by atoms with Crippen molar-refractivity contribution in [3.63, 3.8) is 0 Å². The van der Waals surface area contributed by atoms with E-state index in [1.807, 2.05) is 20.0 Å². The first-order chi connectivity index (χ1) is 13.3. The van der Waals surface area contributed by atoms with E-state index in [1.54, 1.807) is 11.0 Å². The van der Waals surface area contributed by atoms with E-state index in [2.05, 4.69) is 61.6 Å². The maximum atomic E-state index is 11.9. The van der Waals surface area contributed by atoms with Crippen molar-refractivity contribution in [1.82, 2.24) is 4.41 Å². The third-order valence-corrected chi connectivity index (χ3v) is 4.71. The van der Waals surface area contributed by atoms with Crippen molar-refractivity contribution in [3.8, 4) is 0 Å². The Balaban J connectivity index is 0.000000311. The number of benzene rings is 1. The van der Waals surface area contributed by atoms with Crippen LogP contribution in [0.1, 0.15) is 38.7 Å². The SMILES string of the molecule is C=NN(S)/C(C=O)=C\C(C)S.CCCCC(=O)N(C)c1ccc2c(c1)NCC2. The monoisotopic (exact) mass is 422 g/mol. The van der Waals surface area contributed by atoms with Crippen LogP contribution < -0.4 is 10.2 Å². The van der Waals surface area contributed by atoms with E-state index in [0.29, 0.717) is 18.4 Å². The van der Waals surface area contributed by atoms with Gasteiger partial charge in [0.15, 0.2) is 6.29 Å². The fraction of sp³-hybridized carbons (Fsp3) is 0.450. The number of thiol groups is 2. The molecule has 1 aliphatic heterocycles. The van der Waals surface area contributed by atoms with E-state index < -0.39 is 0 Å². The maximum Gasteiger partial charge on any atom is 0.226 e. The number of unbranched alkanes of at least 4 members (excludes halogenated alkanes) is 1. The Morgan fingerprint density at radius 3 is 2.75 bits per heavy atom. The summed E-state index contributed by atoms with van der Waals surface area (Å²) in [5, 5.41) is 6.76. The number of amides is 1. The van der Waals surface area contributed by atoms with E-state index in [-0.39, 0.29) is 11.2 Å². The Morgan fingerprint density at radius 1 is 1.46 bits per heavy atom. The van der Waals surface area contributed by atoms with Crippen molar-refractivity contribution in [2.45, 2.75) is 44.8 Å². The Bertz CT molecular complexity index is 707. The molecule has 1 amide bonds. The van der Waals surface area contributed by atoms with E-state index in [4.69, 9.17) is 0 Å². The van der Waals surface area contributed by atoms with Gasteiger partial charge in [0.25, 0.3) is 0 Å². The highest BCUT2D eigenvalue weighted by Crippen LogP contribution is 2.27. The molecule has 6 nitrogen and oxygen atoms in total. The van der Waals surface area contributed by atoms with Crippen LogP contribution in [0.3, 0.4) is 0 Å². The Morgan fingerprint density at radius 2 is 2.18 bits per heavy atom. The van der Waals surface area contributed by atoms with Crippen LogP contribution >= 0.6 is 25.4 Å². The van der Waals surface area contributed by atoms with Gasteiger partial charge in [-0.05, 0) is 56.4 Å². The lowest BCUT2D eigenvalue weighted by molar-refractivity contribution is -0.118. The highest BCUT2D eigenvalue weighted by atomic mass is 32.1. The number of fused-ring (bicyclic) bond motifs is 1. The Hall–Kier alpha value is -1.93. The highest BCUT2D eigenvalue weighted by Gasteiger charge is 2.14. The Labute approximate surface area is 179 Å². The maximum absolute atomic E-state index is 11.9. The number of hydrogen-bond acceptors (Lipinski definition) is 7. The van der Waals surface area contributed by atoms with Crippen LogP contribution in [0.2, 0.25) is 0 Å². The van der Waals surface area contributed by atoms with Gasteiger partial charge in [-0.25, -0.2) is 4.41 Å². The van der Waals surface area contributed by atoms with Crippen LogP contribution in [0.5, 0.6) is 0 Å². The molecule has 2 rings (SSSR count). The zero-order valence-electron chi connectivity index (χ0n) is 16.8. The van der Waals surface area contributed by atoms with Crippen LogP contribution in [0.25, 0.3) is 0 Å². The number of anilines is 2. The summed E-state index contributed by atoms with van der Waals surface area (Å²) in [4.78, 5) is 24.0. The molecule has 0 radical (unpaired) electrons. The normalized spacial score (nSPS) is 13.4. The molecule has 8 heteroatoms. The molecule has 0 saturated heterocycles. The van der Waals surface area contributed by atoms with Crippen LogP contribution in [0.15, 0.2) is 35.1 Å². The van der Waals surface area contributed by atoms with E-state index in [0.717, 1.165) is 35.9 Å². The lowest BCUT2D eigenvalue weighted by Crippen LogP contribution is -2.25. The molecule has 1 heterocycles. The number of hydrogen-bond donors (Lipinski definition) is 3. The number of rotatable bonds is 8. The van der Waals surface area contributed by atoms with Crippen molar-refractivity contribution in [2.75, 3.05) is 23.8 Å². The summed E-state index contributed by atoms with van der Waals surface area (Å²) in [5.74, 6) is 0.199. The van der Waals surface area contributed by atoms with Crippen molar-refractivity contribution >= 4 is 55.7 Å². The third-order valence-electron chi connectivity index (χ3n) is 4.21. The summed E-state index contributed by atoms with van der Waals surface area (Å²) in [6.07, 6.45) is 6.02. The van der Waals surface area contributed by atoms with E-state index in [9.17, 15) is 9.59 Å². The van der Waals surface area contributed by atoms with Gasteiger partial charge in [0.1, 0.15) is 5.70 Å². The predicted octanol–water partition coefficient (Wildman–Crippen LogP) is 3.96. The van der Waals surface area contributed by atoms with Gasteiger partial charge in [0.2, 0.25) is 5.91 Å². The number of carbonyl (C=O) groups excluding carboxylic acids is 2. The van der Waals surface area contributed by atoms with Crippen LogP contribution in [-0.2, 0) is 16.0 Å². The minimum Gasteiger partial charge on any atom is -0.384 e. The standard InChI is InChI=1S/C14H20N2O.C6H10N2OS2/c1-3-4-5-14(17)16(2)12-7-6-11-8-9-15-13(11)10-12;1-5(10)3-6(4-9)8(11)7-2/h6-7,10,15H,3-5,8-9H2,1-2H3;3-5,10-11H,2H2,1H3/b;6-3-.